The van der Waals surface area contributed by atoms with Crippen molar-refractivity contribution in [3.8, 4) is 11.5 Å². The van der Waals surface area contributed by atoms with Crippen LogP contribution in [0, 0.1) is 6.92 Å². The number of ether oxygens (including phenoxy) is 2. The second-order valence-electron chi connectivity index (χ2n) is 8.29. The minimum atomic E-state index is -0.509. The van der Waals surface area contributed by atoms with Gasteiger partial charge in [-0.2, -0.15) is 0 Å². The number of amides is 2. The Morgan fingerprint density at radius 2 is 1.35 bits per heavy atom. The third kappa shape index (κ3) is 6.71. The molecule has 4 aromatic rings. The minimum absolute atomic E-state index is 0.159. The van der Waals surface area contributed by atoms with Crippen molar-refractivity contribution in [1.29, 1.82) is 0 Å². The molecule has 0 saturated carbocycles. The fraction of sp³-hybridized carbons (Fsp3) is 0.133. The van der Waals surface area contributed by atoms with Gasteiger partial charge >= 0.3 is 0 Å². The van der Waals surface area contributed by atoms with E-state index >= 15 is 0 Å². The van der Waals surface area contributed by atoms with Crippen LogP contribution in [0.3, 0.4) is 0 Å². The second-order valence-corrected chi connectivity index (χ2v) is 9.47. The van der Waals surface area contributed by atoms with E-state index in [1.807, 2.05) is 79.7 Å². The summed E-state index contributed by atoms with van der Waals surface area (Å²) >= 11 is 1.43. The molecule has 0 aliphatic rings. The van der Waals surface area contributed by atoms with Gasteiger partial charge in [0.05, 0.1) is 14.2 Å². The normalized spacial score (nSPS) is 11.3. The van der Waals surface area contributed by atoms with Gasteiger partial charge < -0.3 is 20.1 Å². The number of rotatable bonds is 9. The zero-order chi connectivity index (χ0) is 26.2. The lowest BCUT2D eigenvalue weighted by Gasteiger charge is -2.18. The summed E-state index contributed by atoms with van der Waals surface area (Å²) in [5.41, 5.74) is 3.68. The van der Waals surface area contributed by atoms with Crippen LogP contribution in [0.15, 0.2) is 102 Å². The van der Waals surface area contributed by atoms with E-state index in [1.165, 1.54) is 11.8 Å². The maximum Gasteiger partial charge on any atom is 0.255 e. The van der Waals surface area contributed by atoms with Crippen LogP contribution in [0.4, 0.5) is 11.4 Å². The number of methoxy groups -OCH3 is 2. The van der Waals surface area contributed by atoms with Gasteiger partial charge in [-0.1, -0.05) is 48.5 Å². The molecule has 0 aromatic heterocycles. The molecule has 4 aromatic carbocycles. The highest BCUT2D eigenvalue weighted by Crippen LogP contribution is 2.37. The quantitative estimate of drug-likeness (QED) is 0.243. The summed E-state index contributed by atoms with van der Waals surface area (Å²) in [4.78, 5) is 27.0. The number of hydrogen-bond donors (Lipinski definition) is 2. The summed E-state index contributed by atoms with van der Waals surface area (Å²) < 4.78 is 10.7. The van der Waals surface area contributed by atoms with E-state index in [2.05, 4.69) is 10.6 Å². The van der Waals surface area contributed by atoms with Crippen LogP contribution < -0.4 is 20.1 Å². The standard InChI is InChI=1S/C30H28N2O4S/c1-20-9-7-8-12-27(20)29(33)31-22-13-15-26(16-14-22)37-28(21-10-5-4-6-11-21)30(34)32-23-17-24(35-2)19-25(18-23)36-3/h4-19,28H,1-3H3,(H,31,33)(H,32,34). The van der Waals surface area contributed by atoms with Crippen LogP contribution in [0.2, 0.25) is 0 Å². The van der Waals surface area contributed by atoms with Crippen molar-refractivity contribution in [3.05, 3.63) is 114 Å². The number of anilines is 2. The molecule has 4 rings (SSSR count). The minimum Gasteiger partial charge on any atom is -0.497 e. The molecule has 188 valence electrons. The number of hydrogen-bond acceptors (Lipinski definition) is 5. The molecular formula is C30H28N2O4S. The Morgan fingerprint density at radius 3 is 1.97 bits per heavy atom. The fourth-order valence-corrected chi connectivity index (χ4v) is 4.79. The van der Waals surface area contributed by atoms with E-state index in [-0.39, 0.29) is 11.8 Å². The first-order chi connectivity index (χ1) is 18.0. The summed E-state index contributed by atoms with van der Waals surface area (Å²) in [5.74, 6) is 0.834. The topological polar surface area (TPSA) is 76.7 Å². The number of benzene rings is 4. The first kappa shape index (κ1) is 25.9. The summed E-state index contributed by atoms with van der Waals surface area (Å²) in [6.07, 6.45) is 0. The third-order valence-electron chi connectivity index (χ3n) is 5.72. The molecule has 2 amide bonds. The van der Waals surface area contributed by atoms with Crippen molar-refractivity contribution >= 4 is 35.0 Å². The number of nitrogens with one attached hydrogen (secondary N) is 2. The van der Waals surface area contributed by atoms with Crippen molar-refractivity contribution in [1.82, 2.24) is 0 Å². The van der Waals surface area contributed by atoms with Gasteiger partial charge in [0.25, 0.3) is 5.91 Å². The predicted molar refractivity (Wildman–Crippen MR) is 149 cm³/mol. The van der Waals surface area contributed by atoms with E-state index in [1.54, 1.807) is 38.5 Å². The Kier molecular flexibility index (Phi) is 8.48. The smallest absolute Gasteiger partial charge is 0.255 e. The largest absolute Gasteiger partial charge is 0.497 e. The molecule has 0 spiro atoms. The molecule has 37 heavy (non-hydrogen) atoms. The van der Waals surface area contributed by atoms with E-state index in [4.69, 9.17) is 9.47 Å². The lowest BCUT2D eigenvalue weighted by atomic mass is 10.1. The molecule has 2 N–H and O–H groups in total. The van der Waals surface area contributed by atoms with E-state index in [0.717, 1.165) is 16.0 Å². The molecule has 1 unspecified atom stereocenters. The van der Waals surface area contributed by atoms with Gasteiger partial charge in [-0.05, 0) is 48.4 Å². The van der Waals surface area contributed by atoms with Crippen molar-refractivity contribution in [2.45, 2.75) is 17.1 Å². The van der Waals surface area contributed by atoms with Gasteiger partial charge in [0.2, 0.25) is 5.91 Å². The van der Waals surface area contributed by atoms with Gasteiger partial charge in [0.15, 0.2) is 0 Å². The number of thioether (sulfide) groups is 1. The Hall–Kier alpha value is -4.23. The van der Waals surface area contributed by atoms with Gasteiger partial charge in [0, 0.05) is 40.0 Å². The van der Waals surface area contributed by atoms with E-state index < -0.39 is 5.25 Å². The monoisotopic (exact) mass is 512 g/mol. The van der Waals surface area contributed by atoms with Crippen molar-refractivity contribution in [2.24, 2.45) is 0 Å². The molecule has 0 aliphatic carbocycles. The molecule has 0 heterocycles. The highest BCUT2D eigenvalue weighted by molar-refractivity contribution is 8.00. The number of carbonyl (C=O) groups excluding carboxylic acids is 2. The summed E-state index contributed by atoms with van der Waals surface area (Å²) in [5, 5.41) is 5.42. The Labute approximate surface area is 221 Å². The Morgan fingerprint density at radius 1 is 0.730 bits per heavy atom. The van der Waals surface area contributed by atoms with E-state index in [0.29, 0.717) is 28.4 Å². The third-order valence-corrected chi connectivity index (χ3v) is 6.98. The summed E-state index contributed by atoms with van der Waals surface area (Å²) in [6.45, 7) is 1.91. The lowest BCUT2D eigenvalue weighted by molar-refractivity contribution is -0.115. The van der Waals surface area contributed by atoms with Gasteiger partial charge in [0.1, 0.15) is 16.7 Å². The molecule has 6 nitrogen and oxygen atoms in total. The molecule has 0 fully saturated rings. The van der Waals surface area contributed by atoms with Crippen molar-refractivity contribution < 1.29 is 19.1 Å². The fourth-order valence-electron chi connectivity index (χ4n) is 3.77. The Bertz CT molecular complexity index is 1350. The zero-order valence-corrected chi connectivity index (χ0v) is 21.7. The van der Waals surface area contributed by atoms with Gasteiger partial charge in [-0.25, -0.2) is 0 Å². The predicted octanol–water partition coefficient (Wildman–Crippen LogP) is 6.74. The second kappa shape index (κ2) is 12.1. The van der Waals surface area contributed by atoms with Gasteiger partial charge in [-0.15, -0.1) is 11.8 Å². The molecule has 0 radical (unpaired) electrons. The molecule has 0 bridgehead atoms. The van der Waals surface area contributed by atoms with Crippen molar-refractivity contribution in [2.75, 3.05) is 24.9 Å². The highest BCUT2D eigenvalue weighted by Gasteiger charge is 2.23. The van der Waals surface area contributed by atoms with Crippen LogP contribution in [-0.2, 0) is 4.79 Å². The molecule has 0 saturated heterocycles. The summed E-state index contributed by atoms with van der Waals surface area (Å²) in [7, 11) is 3.13. The number of aryl methyl sites for hydroxylation is 1. The van der Waals surface area contributed by atoms with Crippen LogP contribution >= 0.6 is 11.8 Å². The van der Waals surface area contributed by atoms with Crippen LogP contribution in [0.5, 0.6) is 11.5 Å². The first-order valence-corrected chi connectivity index (χ1v) is 12.6. The maximum atomic E-state index is 13.4. The SMILES string of the molecule is COc1cc(NC(=O)C(Sc2ccc(NC(=O)c3ccccc3C)cc2)c2ccccc2)cc(OC)c1. The zero-order valence-electron chi connectivity index (χ0n) is 20.9. The average molecular weight is 513 g/mol. The Balaban J connectivity index is 1.51. The molecular weight excluding hydrogens is 484 g/mol. The van der Waals surface area contributed by atoms with Crippen LogP contribution in [0.1, 0.15) is 26.7 Å². The molecule has 7 heteroatoms. The first-order valence-electron chi connectivity index (χ1n) is 11.7. The molecule has 1 atom stereocenters. The van der Waals surface area contributed by atoms with Crippen LogP contribution in [0.25, 0.3) is 0 Å². The lowest BCUT2D eigenvalue weighted by Crippen LogP contribution is -2.19. The van der Waals surface area contributed by atoms with Crippen molar-refractivity contribution in [3.63, 3.8) is 0 Å². The molecule has 0 aliphatic heterocycles. The average Bonchev–Trinajstić information content (AvgIpc) is 2.93. The highest BCUT2D eigenvalue weighted by atomic mass is 32.2. The summed E-state index contributed by atoms with van der Waals surface area (Å²) in [6, 6.07) is 29.8. The van der Waals surface area contributed by atoms with Gasteiger partial charge in [-0.3, -0.25) is 9.59 Å². The van der Waals surface area contributed by atoms with E-state index in [9.17, 15) is 9.59 Å². The number of carbonyl (C=O) groups is 2. The van der Waals surface area contributed by atoms with Crippen LogP contribution in [-0.4, -0.2) is 26.0 Å². The maximum absolute atomic E-state index is 13.4.